The highest BCUT2D eigenvalue weighted by Gasteiger charge is 2.24. The van der Waals surface area contributed by atoms with E-state index < -0.39 is 0 Å². The maximum absolute atomic E-state index is 5.92. The van der Waals surface area contributed by atoms with Gasteiger partial charge in [-0.25, -0.2) is 4.98 Å². The van der Waals surface area contributed by atoms with Crippen molar-refractivity contribution in [3.63, 3.8) is 0 Å². The van der Waals surface area contributed by atoms with E-state index in [0.29, 0.717) is 6.04 Å². The third-order valence-electron chi connectivity index (χ3n) is 4.45. The van der Waals surface area contributed by atoms with E-state index in [1.807, 2.05) is 23.5 Å². The number of hydrogen-bond donors (Lipinski definition) is 1. The van der Waals surface area contributed by atoms with Crippen molar-refractivity contribution in [2.24, 2.45) is 0 Å². The van der Waals surface area contributed by atoms with Gasteiger partial charge in [0, 0.05) is 29.4 Å². The van der Waals surface area contributed by atoms with Crippen LogP contribution in [0.1, 0.15) is 46.4 Å². The molecule has 0 fully saturated rings. The van der Waals surface area contributed by atoms with Crippen LogP contribution in [0.15, 0.2) is 18.2 Å². The normalized spacial score (nSPS) is 20.0. The van der Waals surface area contributed by atoms with Gasteiger partial charge in [-0.1, -0.05) is 12.1 Å². The zero-order chi connectivity index (χ0) is 15.6. The monoisotopic (exact) mass is 330 g/mol. The molecule has 1 aliphatic heterocycles. The molecule has 0 saturated heterocycles. The van der Waals surface area contributed by atoms with Gasteiger partial charge in [0.1, 0.15) is 0 Å². The summed E-state index contributed by atoms with van der Waals surface area (Å²) in [5.41, 5.74) is 2.47. The molecular formula is C18H22N2O2S. The molecular weight excluding hydrogens is 308 g/mol. The maximum atomic E-state index is 5.92. The van der Waals surface area contributed by atoms with Gasteiger partial charge in [0.05, 0.1) is 23.9 Å². The van der Waals surface area contributed by atoms with Crippen molar-refractivity contribution in [3.8, 4) is 11.5 Å². The lowest BCUT2D eigenvalue weighted by molar-refractivity contribution is 0.295. The van der Waals surface area contributed by atoms with Crippen LogP contribution in [0.2, 0.25) is 0 Å². The smallest absolute Gasteiger partial charge is 0.165 e. The molecule has 1 aliphatic carbocycles. The topological polar surface area (TPSA) is 43.4 Å². The zero-order valence-corrected chi connectivity index (χ0v) is 14.2. The number of aromatic nitrogens is 1. The van der Waals surface area contributed by atoms with Gasteiger partial charge in [-0.3, -0.25) is 0 Å². The van der Waals surface area contributed by atoms with Crippen molar-refractivity contribution in [2.75, 3.05) is 13.2 Å². The lowest BCUT2D eigenvalue weighted by atomic mass is 9.98. The van der Waals surface area contributed by atoms with Crippen LogP contribution in [0.4, 0.5) is 0 Å². The molecule has 1 aromatic carbocycles. The Bertz CT molecular complexity index is 698. The largest absolute Gasteiger partial charge is 0.490 e. The van der Waals surface area contributed by atoms with Crippen LogP contribution in [-0.2, 0) is 13.0 Å². The molecule has 0 saturated carbocycles. The number of hydrogen-bond acceptors (Lipinski definition) is 5. The fourth-order valence-electron chi connectivity index (χ4n) is 3.36. The summed E-state index contributed by atoms with van der Waals surface area (Å²) in [5.74, 6) is 1.79. The molecule has 1 N–H and O–H groups in total. The van der Waals surface area contributed by atoms with Gasteiger partial charge < -0.3 is 14.8 Å². The van der Waals surface area contributed by atoms with Crippen LogP contribution in [0.5, 0.6) is 11.5 Å². The van der Waals surface area contributed by atoms with Crippen molar-refractivity contribution in [1.82, 2.24) is 10.3 Å². The molecule has 4 rings (SSSR count). The van der Waals surface area contributed by atoms with Gasteiger partial charge >= 0.3 is 0 Å². The Labute approximate surface area is 140 Å². The molecule has 5 heteroatoms. The summed E-state index contributed by atoms with van der Waals surface area (Å²) in [6.45, 7) is 4.36. The van der Waals surface area contributed by atoms with Gasteiger partial charge in [-0.2, -0.15) is 0 Å². The number of benzene rings is 1. The van der Waals surface area contributed by atoms with E-state index in [9.17, 15) is 0 Å². The van der Waals surface area contributed by atoms with Crippen molar-refractivity contribution in [3.05, 3.63) is 39.3 Å². The first kappa shape index (κ1) is 15.0. The fourth-order valence-corrected chi connectivity index (χ4v) is 4.45. The minimum atomic E-state index is 0.410. The predicted octanol–water partition coefficient (Wildman–Crippen LogP) is 3.78. The van der Waals surface area contributed by atoms with E-state index >= 15 is 0 Å². The van der Waals surface area contributed by atoms with Crippen molar-refractivity contribution >= 4 is 11.3 Å². The second-order valence-electron chi connectivity index (χ2n) is 6.16. The Hall–Kier alpha value is -1.59. The highest BCUT2D eigenvalue weighted by Crippen LogP contribution is 2.36. The van der Waals surface area contributed by atoms with Gasteiger partial charge in [0.25, 0.3) is 0 Å². The van der Waals surface area contributed by atoms with E-state index in [1.165, 1.54) is 34.0 Å². The highest BCUT2D eigenvalue weighted by atomic mass is 32.1. The molecule has 0 spiro atoms. The van der Waals surface area contributed by atoms with Crippen LogP contribution >= 0.6 is 11.3 Å². The third-order valence-corrected chi connectivity index (χ3v) is 5.58. The van der Waals surface area contributed by atoms with Gasteiger partial charge in [-0.15, -0.1) is 11.3 Å². The Balaban J connectivity index is 1.52. The number of rotatable bonds is 3. The van der Waals surface area contributed by atoms with Crippen LogP contribution in [0.3, 0.4) is 0 Å². The summed E-state index contributed by atoms with van der Waals surface area (Å²) < 4.78 is 11.7. The van der Waals surface area contributed by atoms with Crippen LogP contribution < -0.4 is 14.8 Å². The maximum Gasteiger partial charge on any atom is 0.165 e. The molecule has 2 heterocycles. The molecule has 0 amide bonds. The number of nitrogens with one attached hydrogen (secondary N) is 1. The van der Waals surface area contributed by atoms with E-state index in [-0.39, 0.29) is 0 Å². The minimum Gasteiger partial charge on any atom is -0.490 e. The average molecular weight is 330 g/mol. The summed E-state index contributed by atoms with van der Waals surface area (Å²) >= 11 is 1.84. The van der Waals surface area contributed by atoms with E-state index in [1.54, 1.807) is 0 Å². The lowest BCUT2D eigenvalue weighted by Crippen LogP contribution is -2.24. The van der Waals surface area contributed by atoms with E-state index in [0.717, 1.165) is 44.1 Å². The van der Waals surface area contributed by atoms with Crippen molar-refractivity contribution < 1.29 is 9.47 Å². The average Bonchev–Trinajstić information content (AvgIpc) is 2.79. The van der Waals surface area contributed by atoms with Crippen LogP contribution in [0, 0.1) is 6.92 Å². The number of thiazole rings is 1. The Kier molecular flexibility index (Phi) is 4.23. The molecule has 2 aromatic rings. The molecule has 0 radical (unpaired) electrons. The molecule has 0 unspecified atom stereocenters. The molecule has 2 aliphatic rings. The fraction of sp³-hybridized carbons (Fsp3) is 0.500. The summed E-state index contributed by atoms with van der Waals surface area (Å²) in [4.78, 5) is 6.10. The number of fused-ring (bicyclic) bond motifs is 2. The lowest BCUT2D eigenvalue weighted by Gasteiger charge is -2.23. The minimum absolute atomic E-state index is 0.410. The molecule has 0 bridgehead atoms. The van der Waals surface area contributed by atoms with Gasteiger partial charge in [0.2, 0.25) is 0 Å². The zero-order valence-electron chi connectivity index (χ0n) is 13.4. The Morgan fingerprint density at radius 2 is 2.17 bits per heavy atom. The molecule has 23 heavy (non-hydrogen) atoms. The Morgan fingerprint density at radius 1 is 1.26 bits per heavy atom. The molecule has 1 aromatic heterocycles. The SMILES string of the molecule is Cc1nc2c(s1)[C@@H](NCc1cccc3c1OCCCO3)CCC2. The van der Waals surface area contributed by atoms with Crippen molar-refractivity contribution in [1.29, 1.82) is 0 Å². The summed E-state index contributed by atoms with van der Waals surface area (Å²) in [6, 6.07) is 6.58. The number of nitrogens with zero attached hydrogens (tertiary/aromatic N) is 1. The number of aryl methyl sites for hydroxylation is 2. The highest BCUT2D eigenvalue weighted by molar-refractivity contribution is 7.11. The molecule has 122 valence electrons. The van der Waals surface area contributed by atoms with Crippen LogP contribution in [0.25, 0.3) is 0 Å². The first-order valence-electron chi connectivity index (χ1n) is 8.38. The molecule has 4 nitrogen and oxygen atoms in total. The number of ether oxygens (including phenoxy) is 2. The summed E-state index contributed by atoms with van der Waals surface area (Å²) in [7, 11) is 0. The van der Waals surface area contributed by atoms with E-state index in [4.69, 9.17) is 9.47 Å². The first-order valence-corrected chi connectivity index (χ1v) is 9.20. The summed E-state index contributed by atoms with van der Waals surface area (Å²) in [6.07, 6.45) is 4.45. The summed E-state index contributed by atoms with van der Waals surface area (Å²) in [5, 5.41) is 4.89. The van der Waals surface area contributed by atoms with Gasteiger partial charge in [0.15, 0.2) is 11.5 Å². The van der Waals surface area contributed by atoms with Crippen molar-refractivity contribution in [2.45, 2.75) is 45.2 Å². The quantitative estimate of drug-likeness (QED) is 0.930. The van der Waals surface area contributed by atoms with Gasteiger partial charge in [-0.05, 0) is 32.3 Å². The third kappa shape index (κ3) is 3.08. The predicted molar refractivity (Wildman–Crippen MR) is 91.4 cm³/mol. The number of para-hydroxylation sites is 1. The second-order valence-corrected chi connectivity index (χ2v) is 7.40. The van der Waals surface area contributed by atoms with E-state index in [2.05, 4.69) is 23.3 Å². The molecule has 1 atom stereocenters. The first-order chi connectivity index (χ1) is 11.3. The standard InChI is InChI=1S/C18H22N2O2S/c1-12-20-15-7-3-6-14(18(15)23-12)19-11-13-5-2-8-16-17(13)22-10-4-9-21-16/h2,5,8,14,19H,3-4,6-7,9-11H2,1H3/t14-/m0/s1. The van der Waals surface area contributed by atoms with Crippen LogP contribution in [-0.4, -0.2) is 18.2 Å². The second kappa shape index (κ2) is 6.49. The Morgan fingerprint density at radius 3 is 3.13 bits per heavy atom.